The maximum atomic E-state index is 12.6. The third kappa shape index (κ3) is 4.05. The van der Waals surface area contributed by atoms with Crippen molar-refractivity contribution in [1.29, 1.82) is 0 Å². The lowest BCUT2D eigenvalue weighted by Gasteiger charge is -2.27. The number of ether oxygens (including phenoxy) is 3. The lowest BCUT2D eigenvalue weighted by molar-refractivity contribution is -0.136. The van der Waals surface area contributed by atoms with Crippen molar-refractivity contribution in [3.05, 3.63) is 68.8 Å². The van der Waals surface area contributed by atoms with Crippen molar-refractivity contribution in [3.8, 4) is 11.5 Å². The number of nitrogens with one attached hydrogen (secondary N) is 1. The predicted octanol–water partition coefficient (Wildman–Crippen LogP) is 3.79. The minimum atomic E-state index is -0.606. The van der Waals surface area contributed by atoms with E-state index in [-0.39, 0.29) is 0 Å². The lowest BCUT2D eigenvalue weighted by atomic mass is 9.95. The fourth-order valence-electron chi connectivity index (χ4n) is 3.57. The van der Waals surface area contributed by atoms with Crippen molar-refractivity contribution in [2.24, 2.45) is 0 Å². The molecule has 32 heavy (non-hydrogen) atoms. The Hall–Kier alpha value is -3.40. The van der Waals surface area contributed by atoms with Gasteiger partial charge in [0.15, 0.2) is 11.5 Å². The third-order valence-corrected chi connectivity index (χ3v) is 5.78. The maximum absolute atomic E-state index is 12.6. The number of fused-ring (bicyclic) bond motifs is 1. The minimum Gasteiger partial charge on any atom is -0.493 e. The van der Waals surface area contributed by atoms with Crippen LogP contribution in [0.3, 0.4) is 0 Å². The largest absolute Gasteiger partial charge is 0.493 e. The molecule has 1 atom stereocenters. The summed E-state index contributed by atoms with van der Waals surface area (Å²) in [7, 11) is 2.91. The van der Waals surface area contributed by atoms with Crippen LogP contribution in [-0.2, 0) is 16.1 Å². The first-order valence-electron chi connectivity index (χ1n) is 9.82. The molecule has 0 aliphatic carbocycles. The van der Waals surface area contributed by atoms with Gasteiger partial charge < -0.3 is 19.5 Å². The number of nitrogens with zero attached hydrogens (tertiary/aromatic N) is 4. The van der Waals surface area contributed by atoms with Gasteiger partial charge in [0.1, 0.15) is 12.6 Å². The van der Waals surface area contributed by atoms with Crippen LogP contribution in [0.15, 0.2) is 52.1 Å². The molecular weight excluding hydrogens is 478 g/mol. The molecule has 0 saturated heterocycles. The van der Waals surface area contributed by atoms with Crippen LogP contribution in [0, 0.1) is 6.92 Å². The molecule has 1 aliphatic heterocycles. The van der Waals surface area contributed by atoms with Gasteiger partial charge in [0, 0.05) is 5.70 Å². The molecule has 0 spiro atoms. The van der Waals surface area contributed by atoms with Crippen molar-refractivity contribution in [2.45, 2.75) is 26.5 Å². The number of benzene rings is 2. The number of halogens is 1. The molecule has 1 N–H and O–H groups in total. The molecule has 3 aromatic rings. The van der Waals surface area contributed by atoms with Gasteiger partial charge in [-0.05, 0) is 63.5 Å². The number of allylic oxidation sites excluding steroid dienone is 1. The zero-order valence-electron chi connectivity index (χ0n) is 18.0. The summed E-state index contributed by atoms with van der Waals surface area (Å²) < 4.78 is 18.9. The highest BCUT2D eigenvalue weighted by Crippen LogP contribution is 2.42. The Bertz CT molecular complexity index is 1190. The van der Waals surface area contributed by atoms with Crippen LogP contribution in [-0.4, -0.2) is 40.4 Å². The first kappa shape index (κ1) is 21.8. The van der Waals surface area contributed by atoms with Gasteiger partial charge in [-0.25, -0.2) is 4.79 Å². The number of rotatable bonds is 6. The topological polar surface area (TPSA) is 100 Å². The second-order valence-corrected chi connectivity index (χ2v) is 8.17. The molecule has 0 fully saturated rings. The van der Waals surface area contributed by atoms with Gasteiger partial charge in [0.25, 0.3) is 0 Å². The highest BCUT2D eigenvalue weighted by Gasteiger charge is 2.35. The highest BCUT2D eigenvalue weighted by molar-refractivity contribution is 9.10. The smallest absolute Gasteiger partial charge is 0.338 e. The third-order valence-electron chi connectivity index (χ3n) is 5.19. The normalized spacial score (nSPS) is 15.1. The summed E-state index contributed by atoms with van der Waals surface area (Å²) in [6.45, 7) is 4.20. The van der Waals surface area contributed by atoms with Crippen LogP contribution >= 0.6 is 15.9 Å². The van der Waals surface area contributed by atoms with Crippen molar-refractivity contribution < 1.29 is 19.0 Å². The molecule has 4 rings (SSSR count). The van der Waals surface area contributed by atoms with Crippen molar-refractivity contribution in [2.75, 3.05) is 19.5 Å². The Balaban J connectivity index is 1.73. The molecule has 1 aromatic heterocycles. The summed E-state index contributed by atoms with van der Waals surface area (Å²) in [4.78, 5) is 12.6. The zero-order valence-corrected chi connectivity index (χ0v) is 19.6. The molecular formula is C22H22BrN5O4. The van der Waals surface area contributed by atoms with E-state index in [1.807, 2.05) is 43.3 Å². The van der Waals surface area contributed by atoms with Crippen LogP contribution in [0.4, 0.5) is 5.95 Å². The minimum absolute atomic E-state index is 0.380. The Morgan fingerprint density at radius 2 is 1.94 bits per heavy atom. The summed E-state index contributed by atoms with van der Waals surface area (Å²) >= 11 is 3.60. The van der Waals surface area contributed by atoms with Crippen LogP contribution in [0.5, 0.6) is 11.5 Å². The average molecular weight is 500 g/mol. The Morgan fingerprint density at radius 3 is 2.62 bits per heavy atom. The SMILES string of the molecule is COC(=O)C1=C(C)Nc2nnnn2C1c1cc(Br)c(OCc2ccc(C)cc2)c(OC)c1. The standard InChI is InChI=1S/C22H22BrN5O4/c1-12-5-7-14(8-6-12)11-32-20-16(23)9-15(10-17(20)30-3)19-18(21(29)31-4)13(2)24-22-25-26-27-28(19)22/h5-10,19H,11H2,1-4H3,(H,24,25,27). The number of hydrogen-bond donors (Lipinski definition) is 1. The maximum Gasteiger partial charge on any atom is 0.338 e. The molecule has 9 nitrogen and oxygen atoms in total. The molecule has 2 aromatic carbocycles. The number of anilines is 1. The molecule has 10 heteroatoms. The summed E-state index contributed by atoms with van der Waals surface area (Å²) in [5.41, 5.74) is 3.96. The van der Waals surface area contributed by atoms with Crippen molar-refractivity contribution >= 4 is 27.8 Å². The van der Waals surface area contributed by atoms with Gasteiger partial charge in [0.05, 0.1) is 24.3 Å². The highest BCUT2D eigenvalue weighted by atomic mass is 79.9. The van der Waals surface area contributed by atoms with Crippen LogP contribution in [0.1, 0.15) is 29.7 Å². The fourth-order valence-corrected chi connectivity index (χ4v) is 4.15. The molecule has 0 bridgehead atoms. The summed E-state index contributed by atoms with van der Waals surface area (Å²) in [6, 6.07) is 11.2. The summed E-state index contributed by atoms with van der Waals surface area (Å²) in [5.74, 6) is 1.02. The Morgan fingerprint density at radius 1 is 1.19 bits per heavy atom. The number of methoxy groups -OCH3 is 2. The quantitative estimate of drug-likeness (QED) is 0.511. The molecule has 0 saturated carbocycles. The van der Waals surface area contributed by atoms with E-state index in [1.165, 1.54) is 17.4 Å². The van der Waals surface area contributed by atoms with Gasteiger partial charge in [-0.1, -0.05) is 34.9 Å². The number of carbonyl (C=O) groups excluding carboxylic acids is 1. The van der Waals surface area contributed by atoms with Crippen LogP contribution < -0.4 is 14.8 Å². The monoisotopic (exact) mass is 499 g/mol. The number of aryl methyl sites for hydroxylation is 1. The van der Waals surface area contributed by atoms with Crippen LogP contribution in [0.2, 0.25) is 0 Å². The molecule has 1 aliphatic rings. The van der Waals surface area contributed by atoms with Crippen LogP contribution in [0.25, 0.3) is 0 Å². The Kier molecular flexibility index (Phi) is 6.13. The predicted molar refractivity (Wildman–Crippen MR) is 120 cm³/mol. The molecule has 0 amide bonds. The van der Waals surface area contributed by atoms with E-state index in [0.29, 0.717) is 39.8 Å². The molecule has 0 radical (unpaired) electrons. The van der Waals surface area contributed by atoms with Gasteiger partial charge in [0.2, 0.25) is 5.95 Å². The summed E-state index contributed by atoms with van der Waals surface area (Å²) in [6.07, 6.45) is 0. The number of carbonyl (C=O) groups is 1. The number of esters is 1. The first-order chi connectivity index (χ1) is 15.4. The first-order valence-corrected chi connectivity index (χ1v) is 10.6. The Labute approximate surface area is 193 Å². The van der Waals surface area contributed by atoms with E-state index in [9.17, 15) is 4.79 Å². The van der Waals surface area contributed by atoms with Gasteiger partial charge in [-0.3, -0.25) is 0 Å². The second-order valence-electron chi connectivity index (χ2n) is 7.31. The number of hydrogen-bond acceptors (Lipinski definition) is 8. The van der Waals surface area contributed by atoms with E-state index in [4.69, 9.17) is 14.2 Å². The number of tetrazole rings is 1. The second kappa shape index (κ2) is 8.99. The van der Waals surface area contributed by atoms with E-state index >= 15 is 0 Å². The molecule has 2 heterocycles. The van der Waals surface area contributed by atoms with Gasteiger partial charge in [-0.15, -0.1) is 0 Å². The van der Waals surface area contributed by atoms with Crippen molar-refractivity contribution in [1.82, 2.24) is 20.2 Å². The summed E-state index contributed by atoms with van der Waals surface area (Å²) in [5, 5.41) is 14.8. The zero-order chi connectivity index (χ0) is 22.8. The lowest BCUT2D eigenvalue weighted by Crippen LogP contribution is -2.29. The van der Waals surface area contributed by atoms with E-state index in [2.05, 4.69) is 36.8 Å². The van der Waals surface area contributed by atoms with E-state index in [0.717, 1.165) is 11.1 Å². The molecule has 166 valence electrons. The number of aromatic nitrogens is 4. The van der Waals surface area contributed by atoms with Gasteiger partial charge in [-0.2, -0.15) is 4.68 Å². The van der Waals surface area contributed by atoms with Gasteiger partial charge >= 0.3 is 5.97 Å². The molecule has 1 unspecified atom stereocenters. The fraction of sp³-hybridized carbons (Fsp3) is 0.273. The van der Waals surface area contributed by atoms with E-state index in [1.54, 1.807) is 14.0 Å². The van der Waals surface area contributed by atoms with E-state index < -0.39 is 12.0 Å². The van der Waals surface area contributed by atoms with Crippen molar-refractivity contribution in [3.63, 3.8) is 0 Å². The average Bonchev–Trinajstić information content (AvgIpc) is 3.25.